The van der Waals surface area contributed by atoms with Crippen molar-refractivity contribution in [3.05, 3.63) is 65.2 Å². The van der Waals surface area contributed by atoms with Gasteiger partial charge in [-0.05, 0) is 36.5 Å². The molecule has 0 spiro atoms. The number of ether oxygens (including phenoxy) is 2. The van der Waals surface area contributed by atoms with Gasteiger partial charge in [0, 0.05) is 18.2 Å². The van der Waals surface area contributed by atoms with E-state index in [0.717, 1.165) is 24.2 Å². The van der Waals surface area contributed by atoms with Crippen LogP contribution in [0.5, 0.6) is 5.75 Å². The van der Waals surface area contributed by atoms with Gasteiger partial charge in [0.05, 0.1) is 26.4 Å². The molecule has 0 aromatic heterocycles. The molecule has 2 N–H and O–H groups in total. The Morgan fingerprint density at radius 1 is 1.16 bits per heavy atom. The monoisotopic (exact) mass is 341 g/mol. The fourth-order valence-corrected chi connectivity index (χ4v) is 3.43. The molecular weight excluding hydrogens is 314 g/mol. The molecule has 0 saturated carbocycles. The van der Waals surface area contributed by atoms with E-state index in [-0.39, 0.29) is 0 Å². The molecule has 0 amide bonds. The summed E-state index contributed by atoms with van der Waals surface area (Å²) in [6, 6.07) is 16.7. The molecule has 4 heteroatoms. The van der Waals surface area contributed by atoms with Crippen LogP contribution in [0.25, 0.3) is 0 Å². The Hall–Kier alpha value is -1.88. The van der Waals surface area contributed by atoms with Gasteiger partial charge < -0.3 is 19.9 Å². The van der Waals surface area contributed by atoms with Gasteiger partial charge in [0.2, 0.25) is 0 Å². The number of aryl methyl sites for hydroxylation is 1. The first-order valence-corrected chi connectivity index (χ1v) is 8.97. The first-order chi connectivity index (χ1) is 12.3. The molecule has 2 aromatic rings. The highest BCUT2D eigenvalue weighted by Crippen LogP contribution is 2.29. The van der Waals surface area contributed by atoms with Gasteiger partial charge in [-0.15, -0.1) is 0 Å². The molecule has 0 fully saturated rings. The lowest BCUT2D eigenvalue weighted by molar-refractivity contribution is 0.0267. The average Bonchev–Trinajstić information content (AvgIpc) is 2.66. The van der Waals surface area contributed by atoms with E-state index in [9.17, 15) is 5.11 Å². The third-order valence-corrected chi connectivity index (χ3v) is 4.73. The number of hydrogen-bond acceptors (Lipinski definition) is 4. The van der Waals surface area contributed by atoms with E-state index >= 15 is 0 Å². The van der Waals surface area contributed by atoms with Crippen molar-refractivity contribution in [1.82, 2.24) is 5.32 Å². The van der Waals surface area contributed by atoms with E-state index in [2.05, 4.69) is 29.6 Å². The number of benzene rings is 2. The average molecular weight is 341 g/mol. The van der Waals surface area contributed by atoms with Crippen molar-refractivity contribution < 1.29 is 14.6 Å². The summed E-state index contributed by atoms with van der Waals surface area (Å²) in [6.07, 6.45) is 2.93. The number of methoxy groups -OCH3 is 1. The number of para-hydroxylation sites is 1. The summed E-state index contributed by atoms with van der Waals surface area (Å²) < 4.78 is 11.0. The normalized spacial score (nSPS) is 17.8. The van der Waals surface area contributed by atoms with Crippen LogP contribution >= 0.6 is 0 Å². The fraction of sp³-hybridized carbons (Fsp3) is 0.429. The van der Waals surface area contributed by atoms with Gasteiger partial charge in [0.1, 0.15) is 5.75 Å². The number of nitrogens with one attached hydrogen (secondary N) is 1. The van der Waals surface area contributed by atoms with Crippen molar-refractivity contribution in [3.8, 4) is 5.75 Å². The van der Waals surface area contributed by atoms with E-state index in [1.165, 1.54) is 17.5 Å². The van der Waals surface area contributed by atoms with Crippen LogP contribution in [0, 0.1) is 0 Å². The summed E-state index contributed by atoms with van der Waals surface area (Å²) in [5, 5.41) is 13.7. The maximum atomic E-state index is 10.2. The third-order valence-electron chi connectivity index (χ3n) is 4.73. The molecule has 0 heterocycles. The highest BCUT2D eigenvalue weighted by Gasteiger charge is 2.20. The van der Waals surface area contributed by atoms with Crippen molar-refractivity contribution in [3.63, 3.8) is 0 Å². The molecule has 3 rings (SSSR count). The summed E-state index contributed by atoms with van der Waals surface area (Å²) in [5.74, 6) is 0.814. The van der Waals surface area contributed by atoms with Gasteiger partial charge in [0.15, 0.2) is 0 Å². The van der Waals surface area contributed by atoms with Crippen LogP contribution in [0.4, 0.5) is 0 Å². The molecule has 2 atom stereocenters. The Morgan fingerprint density at radius 2 is 1.96 bits per heavy atom. The molecule has 2 aromatic carbocycles. The predicted molar refractivity (Wildman–Crippen MR) is 98.8 cm³/mol. The zero-order valence-corrected chi connectivity index (χ0v) is 14.8. The summed E-state index contributed by atoms with van der Waals surface area (Å²) in [5.41, 5.74) is 3.79. The first kappa shape index (κ1) is 17.9. The number of aliphatic hydroxyl groups is 1. The van der Waals surface area contributed by atoms with Crippen molar-refractivity contribution in [2.75, 3.05) is 20.3 Å². The second kappa shape index (κ2) is 8.99. The molecule has 4 nitrogen and oxygen atoms in total. The predicted octanol–water partition coefficient (Wildman–Crippen LogP) is 3.24. The maximum absolute atomic E-state index is 10.2. The topological polar surface area (TPSA) is 50.7 Å². The number of fused-ring (bicyclic) bond motifs is 1. The number of hydrogen-bond donors (Lipinski definition) is 2. The Labute approximate surface area is 149 Å². The summed E-state index contributed by atoms with van der Waals surface area (Å²) in [7, 11) is 1.65. The summed E-state index contributed by atoms with van der Waals surface area (Å²) >= 11 is 0. The molecule has 0 radical (unpaired) electrons. The lowest BCUT2D eigenvalue weighted by atomic mass is 9.88. The zero-order valence-electron chi connectivity index (χ0n) is 14.8. The Kier molecular flexibility index (Phi) is 6.45. The third kappa shape index (κ3) is 4.82. The van der Waals surface area contributed by atoms with Crippen LogP contribution in [-0.2, 0) is 17.8 Å². The van der Waals surface area contributed by atoms with Gasteiger partial charge in [-0.3, -0.25) is 0 Å². The van der Waals surface area contributed by atoms with Crippen molar-refractivity contribution >= 4 is 0 Å². The van der Waals surface area contributed by atoms with Crippen LogP contribution in [0.3, 0.4) is 0 Å². The standard InChI is InChI=1S/C21H27NO3/c1-24-21-12-5-3-8-17(21)14-25-15-18(23)13-22-20-11-6-9-16-7-2-4-10-19(16)20/h2-5,7-8,10,12,18,20,22-23H,6,9,11,13-15H2,1H3/t18-,20-/m1/s1. The molecule has 0 saturated heterocycles. The largest absolute Gasteiger partial charge is 0.496 e. The van der Waals surface area contributed by atoms with Crippen molar-refractivity contribution in [1.29, 1.82) is 0 Å². The van der Waals surface area contributed by atoms with Crippen LogP contribution in [0.15, 0.2) is 48.5 Å². The molecule has 0 unspecified atom stereocenters. The lowest BCUT2D eigenvalue weighted by Gasteiger charge is -2.27. The van der Waals surface area contributed by atoms with Crippen LogP contribution < -0.4 is 10.1 Å². The van der Waals surface area contributed by atoms with Gasteiger partial charge in [-0.2, -0.15) is 0 Å². The van der Waals surface area contributed by atoms with E-state index in [1.807, 2.05) is 24.3 Å². The molecule has 134 valence electrons. The first-order valence-electron chi connectivity index (χ1n) is 8.97. The van der Waals surface area contributed by atoms with E-state index in [1.54, 1.807) is 7.11 Å². The van der Waals surface area contributed by atoms with Crippen molar-refractivity contribution in [2.45, 2.75) is 38.0 Å². The van der Waals surface area contributed by atoms with E-state index in [0.29, 0.717) is 25.8 Å². The Balaban J connectivity index is 1.44. The smallest absolute Gasteiger partial charge is 0.124 e. The fourth-order valence-electron chi connectivity index (χ4n) is 3.43. The molecule has 0 bridgehead atoms. The quantitative estimate of drug-likeness (QED) is 0.774. The molecule has 1 aliphatic carbocycles. The SMILES string of the molecule is COc1ccccc1COC[C@H](O)CN[C@@H]1CCCc2ccccc21. The van der Waals surface area contributed by atoms with Gasteiger partial charge in [0.25, 0.3) is 0 Å². The Morgan fingerprint density at radius 3 is 2.84 bits per heavy atom. The highest BCUT2D eigenvalue weighted by molar-refractivity contribution is 5.33. The Bertz CT molecular complexity index is 674. The molecule has 1 aliphatic rings. The second-order valence-corrected chi connectivity index (χ2v) is 6.53. The minimum Gasteiger partial charge on any atom is -0.496 e. The van der Waals surface area contributed by atoms with Gasteiger partial charge in [-0.1, -0.05) is 42.5 Å². The minimum atomic E-state index is -0.524. The highest BCUT2D eigenvalue weighted by atomic mass is 16.5. The summed E-state index contributed by atoms with van der Waals surface area (Å²) in [4.78, 5) is 0. The molecule has 25 heavy (non-hydrogen) atoms. The number of aliphatic hydroxyl groups excluding tert-OH is 1. The van der Waals surface area contributed by atoms with E-state index < -0.39 is 6.10 Å². The molecule has 0 aliphatic heterocycles. The minimum absolute atomic E-state index is 0.305. The summed E-state index contributed by atoms with van der Waals surface area (Å²) in [6.45, 7) is 1.28. The maximum Gasteiger partial charge on any atom is 0.124 e. The molecular formula is C21H27NO3. The number of rotatable bonds is 8. The van der Waals surface area contributed by atoms with Crippen LogP contribution in [0.2, 0.25) is 0 Å². The second-order valence-electron chi connectivity index (χ2n) is 6.53. The van der Waals surface area contributed by atoms with E-state index in [4.69, 9.17) is 9.47 Å². The zero-order chi connectivity index (χ0) is 17.5. The van der Waals surface area contributed by atoms with Gasteiger partial charge in [-0.25, -0.2) is 0 Å². The van der Waals surface area contributed by atoms with Crippen molar-refractivity contribution in [2.24, 2.45) is 0 Å². The lowest BCUT2D eigenvalue weighted by Crippen LogP contribution is -2.34. The van der Waals surface area contributed by atoms with Crippen LogP contribution in [0.1, 0.15) is 35.6 Å². The van der Waals surface area contributed by atoms with Crippen LogP contribution in [-0.4, -0.2) is 31.5 Å². The van der Waals surface area contributed by atoms with Gasteiger partial charge >= 0.3 is 0 Å².